The van der Waals surface area contributed by atoms with Crippen LogP contribution < -0.4 is 0 Å². The number of hydrogen-bond donors (Lipinski definition) is 0. The maximum atomic E-state index is 12.5. The Balaban J connectivity index is 1.81. The summed E-state index contributed by atoms with van der Waals surface area (Å²) in [6.45, 7) is 0.0720. The van der Waals surface area contributed by atoms with Crippen molar-refractivity contribution in [2.24, 2.45) is 5.92 Å². The summed E-state index contributed by atoms with van der Waals surface area (Å²) < 4.78 is 17.6. The molecule has 0 aliphatic heterocycles. The number of ether oxygens (including phenoxy) is 1. The summed E-state index contributed by atoms with van der Waals surface area (Å²) in [6.07, 6.45) is 7.51. The molecule has 2 rings (SSSR count). The Bertz CT molecular complexity index is 375. The van der Waals surface area contributed by atoms with Gasteiger partial charge in [-0.2, -0.15) is 4.39 Å². The Morgan fingerprint density at radius 2 is 2.06 bits per heavy atom. The van der Waals surface area contributed by atoms with E-state index in [0.717, 1.165) is 31.9 Å². The molecular formula is C12H15FN2O2. The van der Waals surface area contributed by atoms with E-state index in [9.17, 15) is 9.18 Å². The Morgan fingerprint density at radius 3 is 2.71 bits per heavy atom. The fourth-order valence-corrected chi connectivity index (χ4v) is 2.01. The molecule has 1 aromatic rings. The average molecular weight is 238 g/mol. The van der Waals surface area contributed by atoms with Gasteiger partial charge in [0, 0.05) is 0 Å². The quantitative estimate of drug-likeness (QED) is 0.758. The highest BCUT2D eigenvalue weighted by Crippen LogP contribution is 2.24. The molecule has 1 fully saturated rings. The van der Waals surface area contributed by atoms with E-state index in [-0.39, 0.29) is 18.5 Å². The third kappa shape index (κ3) is 3.47. The highest BCUT2D eigenvalue weighted by molar-refractivity contribution is 5.72. The third-order valence-corrected chi connectivity index (χ3v) is 2.97. The van der Waals surface area contributed by atoms with Gasteiger partial charge in [0.05, 0.1) is 24.0 Å². The topological polar surface area (TPSA) is 52.1 Å². The highest BCUT2D eigenvalue weighted by atomic mass is 19.1. The van der Waals surface area contributed by atoms with Crippen LogP contribution in [0.5, 0.6) is 0 Å². The number of carbonyl (C=O) groups is 1. The van der Waals surface area contributed by atoms with Crippen molar-refractivity contribution >= 4 is 5.97 Å². The summed E-state index contributed by atoms with van der Waals surface area (Å²) in [4.78, 5) is 18.9. The first-order valence-electron chi connectivity index (χ1n) is 5.89. The Morgan fingerprint density at radius 1 is 1.29 bits per heavy atom. The molecule has 0 amide bonds. The van der Waals surface area contributed by atoms with E-state index in [2.05, 4.69) is 9.97 Å². The highest BCUT2D eigenvalue weighted by Gasteiger charge is 2.22. The van der Waals surface area contributed by atoms with E-state index in [0.29, 0.717) is 5.69 Å². The second kappa shape index (κ2) is 5.70. The van der Waals surface area contributed by atoms with Gasteiger partial charge in [-0.3, -0.25) is 9.78 Å². The van der Waals surface area contributed by atoms with Gasteiger partial charge >= 0.3 is 5.97 Å². The van der Waals surface area contributed by atoms with Gasteiger partial charge in [0.25, 0.3) is 0 Å². The van der Waals surface area contributed by atoms with Gasteiger partial charge in [-0.1, -0.05) is 19.3 Å². The minimum Gasteiger partial charge on any atom is -0.459 e. The van der Waals surface area contributed by atoms with Crippen molar-refractivity contribution < 1.29 is 13.9 Å². The molecule has 1 aliphatic rings. The van der Waals surface area contributed by atoms with E-state index in [1.807, 2.05) is 0 Å². The van der Waals surface area contributed by atoms with E-state index < -0.39 is 5.95 Å². The molecule has 0 unspecified atom stereocenters. The summed E-state index contributed by atoms with van der Waals surface area (Å²) in [5.74, 6) is -0.777. The first-order chi connectivity index (χ1) is 8.25. The Hall–Kier alpha value is -1.52. The molecule has 0 bridgehead atoms. The number of aromatic nitrogens is 2. The van der Waals surface area contributed by atoms with Crippen molar-refractivity contribution in [3.05, 3.63) is 24.0 Å². The maximum absolute atomic E-state index is 12.5. The van der Waals surface area contributed by atoms with Gasteiger partial charge in [0.15, 0.2) is 0 Å². The van der Waals surface area contributed by atoms with Crippen molar-refractivity contribution in [3.8, 4) is 0 Å². The first-order valence-corrected chi connectivity index (χ1v) is 5.89. The van der Waals surface area contributed by atoms with Crippen LogP contribution in [0.2, 0.25) is 0 Å². The van der Waals surface area contributed by atoms with Crippen molar-refractivity contribution in [3.63, 3.8) is 0 Å². The number of hydrogen-bond acceptors (Lipinski definition) is 4. The molecule has 5 heteroatoms. The zero-order valence-corrected chi connectivity index (χ0v) is 9.56. The fraction of sp³-hybridized carbons (Fsp3) is 0.583. The van der Waals surface area contributed by atoms with Crippen LogP contribution in [0.3, 0.4) is 0 Å². The number of rotatable bonds is 3. The van der Waals surface area contributed by atoms with Crippen LogP contribution in [0.25, 0.3) is 0 Å². The first kappa shape index (κ1) is 12.0. The largest absolute Gasteiger partial charge is 0.459 e. The zero-order chi connectivity index (χ0) is 12.1. The van der Waals surface area contributed by atoms with Crippen molar-refractivity contribution in [2.45, 2.75) is 38.7 Å². The van der Waals surface area contributed by atoms with Crippen LogP contribution >= 0.6 is 0 Å². The molecule has 1 aromatic heterocycles. The van der Waals surface area contributed by atoms with Crippen LogP contribution in [0, 0.1) is 11.9 Å². The molecule has 0 spiro atoms. The molecule has 0 aromatic carbocycles. The number of nitrogens with zero attached hydrogens (tertiary/aromatic N) is 2. The summed E-state index contributed by atoms with van der Waals surface area (Å²) in [7, 11) is 0. The molecule has 0 N–H and O–H groups in total. The van der Waals surface area contributed by atoms with Crippen molar-refractivity contribution in [2.75, 3.05) is 0 Å². The molecule has 17 heavy (non-hydrogen) atoms. The van der Waals surface area contributed by atoms with Gasteiger partial charge in [-0.25, -0.2) is 4.98 Å². The van der Waals surface area contributed by atoms with Crippen LogP contribution in [0.1, 0.15) is 37.8 Å². The van der Waals surface area contributed by atoms with Gasteiger partial charge in [-0.15, -0.1) is 0 Å². The van der Waals surface area contributed by atoms with E-state index in [1.54, 1.807) is 0 Å². The molecule has 0 saturated heterocycles. The van der Waals surface area contributed by atoms with E-state index >= 15 is 0 Å². The van der Waals surface area contributed by atoms with Crippen molar-refractivity contribution in [1.29, 1.82) is 0 Å². The molecule has 4 nitrogen and oxygen atoms in total. The molecule has 0 atom stereocenters. The minimum absolute atomic E-state index is 0.0251. The SMILES string of the molecule is O=C(OCc1cnc(F)cn1)C1CCCCC1. The van der Waals surface area contributed by atoms with Crippen LogP contribution in [-0.4, -0.2) is 15.9 Å². The Kier molecular flexibility index (Phi) is 4.01. The van der Waals surface area contributed by atoms with E-state index in [4.69, 9.17) is 4.74 Å². The van der Waals surface area contributed by atoms with Crippen LogP contribution in [0.15, 0.2) is 12.4 Å². The lowest BCUT2D eigenvalue weighted by molar-refractivity contribution is -0.151. The molecule has 1 saturated carbocycles. The van der Waals surface area contributed by atoms with Gasteiger partial charge in [0.1, 0.15) is 6.61 Å². The summed E-state index contributed by atoms with van der Waals surface area (Å²) in [6, 6.07) is 0. The number of carbonyl (C=O) groups excluding carboxylic acids is 1. The van der Waals surface area contributed by atoms with Crippen LogP contribution in [0.4, 0.5) is 4.39 Å². The van der Waals surface area contributed by atoms with Crippen molar-refractivity contribution in [1.82, 2.24) is 9.97 Å². The van der Waals surface area contributed by atoms with Gasteiger partial charge in [-0.05, 0) is 12.8 Å². The smallest absolute Gasteiger partial charge is 0.309 e. The van der Waals surface area contributed by atoms with Gasteiger partial charge < -0.3 is 4.74 Å². The minimum atomic E-state index is -0.632. The van der Waals surface area contributed by atoms with Gasteiger partial charge in [0.2, 0.25) is 5.95 Å². The van der Waals surface area contributed by atoms with E-state index in [1.165, 1.54) is 12.6 Å². The zero-order valence-electron chi connectivity index (χ0n) is 9.56. The maximum Gasteiger partial charge on any atom is 0.309 e. The lowest BCUT2D eigenvalue weighted by Gasteiger charge is -2.19. The summed E-state index contributed by atoms with van der Waals surface area (Å²) in [5, 5.41) is 0. The fourth-order valence-electron chi connectivity index (χ4n) is 2.01. The van der Waals surface area contributed by atoms with Crippen LogP contribution in [-0.2, 0) is 16.1 Å². The summed E-state index contributed by atoms with van der Waals surface area (Å²) in [5.41, 5.74) is 0.468. The Labute approximate surface area is 99.2 Å². The normalized spacial score (nSPS) is 16.8. The molecule has 1 aliphatic carbocycles. The predicted octanol–water partition coefficient (Wildman–Crippen LogP) is 2.24. The third-order valence-electron chi connectivity index (χ3n) is 2.97. The standard InChI is InChI=1S/C12H15FN2O2/c13-11-7-14-10(6-15-11)8-17-12(16)9-4-2-1-3-5-9/h6-7,9H,1-5,8H2. The molecule has 92 valence electrons. The number of esters is 1. The lowest BCUT2D eigenvalue weighted by Crippen LogP contribution is -2.20. The molecule has 1 heterocycles. The molecule has 0 radical (unpaired) electrons. The second-order valence-electron chi connectivity index (χ2n) is 4.27. The number of halogens is 1. The predicted molar refractivity (Wildman–Crippen MR) is 58.4 cm³/mol. The molecular weight excluding hydrogens is 223 g/mol. The monoisotopic (exact) mass is 238 g/mol. The second-order valence-corrected chi connectivity index (χ2v) is 4.27. The lowest BCUT2D eigenvalue weighted by atomic mass is 9.89. The average Bonchev–Trinajstić information content (AvgIpc) is 2.39. The summed E-state index contributed by atoms with van der Waals surface area (Å²) >= 11 is 0.